The van der Waals surface area contributed by atoms with Crippen LogP contribution in [-0.2, 0) is 6.54 Å². The molecule has 0 atom stereocenters. The Morgan fingerprint density at radius 1 is 0.810 bits per heavy atom. The molecule has 0 bridgehead atoms. The lowest BCUT2D eigenvalue weighted by Gasteiger charge is -2.22. The number of ether oxygens (including phenoxy) is 1. The number of rotatable bonds is 5. The van der Waals surface area contributed by atoms with Gasteiger partial charge in [0.1, 0.15) is 11.5 Å². The Morgan fingerprint density at radius 3 is 2.19 bits per heavy atom. The molecule has 0 amide bonds. The maximum atomic E-state index is 5.81. The number of benzene rings is 2. The molecule has 2 heteroatoms. The average molecular weight is 281 g/mol. The summed E-state index contributed by atoms with van der Waals surface area (Å²) < 4.78 is 5.81. The molecule has 0 aromatic heterocycles. The molecular formula is C19H23NO. The summed E-state index contributed by atoms with van der Waals surface area (Å²) in [7, 11) is 0. The van der Waals surface area contributed by atoms with Crippen LogP contribution in [0, 0.1) is 0 Å². The van der Waals surface area contributed by atoms with Gasteiger partial charge in [-0.25, -0.2) is 0 Å². The zero-order valence-electron chi connectivity index (χ0n) is 12.4. The van der Waals surface area contributed by atoms with E-state index >= 15 is 0 Å². The Morgan fingerprint density at radius 2 is 1.48 bits per heavy atom. The van der Waals surface area contributed by atoms with Gasteiger partial charge in [0.25, 0.3) is 0 Å². The highest BCUT2D eigenvalue weighted by Gasteiger charge is 2.12. The Kier molecular flexibility index (Phi) is 4.90. The molecular weight excluding hydrogens is 258 g/mol. The molecule has 0 unspecified atom stereocenters. The van der Waals surface area contributed by atoms with Gasteiger partial charge >= 0.3 is 0 Å². The van der Waals surface area contributed by atoms with E-state index in [1.807, 2.05) is 42.5 Å². The lowest BCUT2D eigenvalue weighted by atomic mass is 9.95. The Bertz CT molecular complexity index is 529. The number of hydrogen-bond acceptors (Lipinski definition) is 2. The minimum atomic E-state index is 0.707. The van der Waals surface area contributed by atoms with Crippen LogP contribution >= 0.6 is 0 Å². The third-order valence-electron chi connectivity index (χ3n) is 4.10. The van der Waals surface area contributed by atoms with E-state index in [1.165, 1.54) is 37.7 Å². The van der Waals surface area contributed by atoms with Gasteiger partial charge < -0.3 is 10.1 Å². The van der Waals surface area contributed by atoms with Gasteiger partial charge in [0.15, 0.2) is 0 Å². The molecule has 1 fully saturated rings. The average Bonchev–Trinajstić information content (AvgIpc) is 2.56. The molecule has 0 spiro atoms. The smallest absolute Gasteiger partial charge is 0.127 e. The van der Waals surface area contributed by atoms with Crippen LogP contribution in [0.25, 0.3) is 0 Å². The molecule has 2 aromatic rings. The number of hydrogen-bond donors (Lipinski definition) is 1. The van der Waals surface area contributed by atoms with Crippen LogP contribution in [0.4, 0.5) is 0 Å². The second kappa shape index (κ2) is 7.28. The van der Waals surface area contributed by atoms with Gasteiger partial charge in [0, 0.05) is 12.6 Å². The predicted molar refractivity (Wildman–Crippen MR) is 86.7 cm³/mol. The first-order chi connectivity index (χ1) is 10.4. The van der Waals surface area contributed by atoms with Gasteiger partial charge in [-0.05, 0) is 42.7 Å². The Labute approximate surface area is 127 Å². The van der Waals surface area contributed by atoms with Gasteiger partial charge in [-0.2, -0.15) is 0 Å². The normalized spacial score (nSPS) is 15.8. The molecule has 1 N–H and O–H groups in total. The third kappa shape index (κ3) is 4.33. The fraction of sp³-hybridized carbons (Fsp3) is 0.368. The van der Waals surface area contributed by atoms with Gasteiger partial charge in [-0.15, -0.1) is 0 Å². The van der Waals surface area contributed by atoms with Crippen LogP contribution < -0.4 is 10.1 Å². The van der Waals surface area contributed by atoms with Gasteiger partial charge in [0.05, 0.1) is 0 Å². The summed E-state index contributed by atoms with van der Waals surface area (Å²) in [6.07, 6.45) is 6.82. The van der Waals surface area contributed by atoms with E-state index in [0.717, 1.165) is 18.0 Å². The molecule has 0 radical (unpaired) electrons. The maximum absolute atomic E-state index is 5.81. The van der Waals surface area contributed by atoms with Crippen molar-refractivity contribution in [1.82, 2.24) is 5.32 Å². The number of para-hydroxylation sites is 1. The van der Waals surface area contributed by atoms with Crippen LogP contribution in [0.5, 0.6) is 11.5 Å². The summed E-state index contributed by atoms with van der Waals surface area (Å²) in [5, 5.41) is 3.67. The van der Waals surface area contributed by atoms with Crippen molar-refractivity contribution in [2.24, 2.45) is 0 Å². The van der Waals surface area contributed by atoms with Crippen molar-refractivity contribution in [3.8, 4) is 11.5 Å². The molecule has 2 aromatic carbocycles. The van der Waals surface area contributed by atoms with Crippen molar-refractivity contribution in [1.29, 1.82) is 0 Å². The maximum Gasteiger partial charge on any atom is 0.127 e. The highest BCUT2D eigenvalue weighted by Crippen LogP contribution is 2.22. The van der Waals surface area contributed by atoms with E-state index in [4.69, 9.17) is 4.74 Å². The SMILES string of the molecule is c1ccc(Oc2ccc(CNC3CCCCC3)cc2)cc1. The molecule has 0 heterocycles. The molecule has 110 valence electrons. The first kappa shape index (κ1) is 14.2. The quantitative estimate of drug-likeness (QED) is 0.841. The van der Waals surface area contributed by atoms with Crippen molar-refractivity contribution in [2.75, 3.05) is 0 Å². The topological polar surface area (TPSA) is 21.3 Å². The van der Waals surface area contributed by atoms with E-state index in [2.05, 4.69) is 17.4 Å². The summed E-state index contributed by atoms with van der Waals surface area (Å²) in [6.45, 7) is 0.955. The lowest BCUT2D eigenvalue weighted by molar-refractivity contribution is 0.372. The standard InChI is InChI=1S/C19H23NO/c1-3-7-17(8-4-1)20-15-16-11-13-19(14-12-16)21-18-9-5-2-6-10-18/h2,5-6,9-14,17,20H,1,3-4,7-8,15H2. The Balaban J connectivity index is 1.51. The molecule has 1 aliphatic rings. The minimum absolute atomic E-state index is 0.707. The summed E-state index contributed by atoms with van der Waals surface area (Å²) in [5.41, 5.74) is 1.32. The monoisotopic (exact) mass is 281 g/mol. The van der Waals surface area contributed by atoms with Crippen LogP contribution in [0.3, 0.4) is 0 Å². The zero-order chi connectivity index (χ0) is 14.3. The molecule has 0 aliphatic heterocycles. The highest BCUT2D eigenvalue weighted by molar-refractivity contribution is 5.32. The molecule has 1 saturated carbocycles. The molecule has 0 saturated heterocycles. The lowest BCUT2D eigenvalue weighted by Crippen LogP contribution is -2.30. The fourth-order valence-electron chi connectivity index (χ4n) is 2.87. The van der Waals surface area contributed by atoms with E-state index in [1.54, 1.807) is 0 Å². The van der Waals surface area contributed by atoms with Crippen LogP contribution in [0.1, 0.15) is 37.7 Å². The largest absolute Gasteiger partial charge is 0.457 e. The van der Waals surface area contributed by atoms with Gasteiger partial charge in [0.2, 0.25) is 0 Å². The zero-order valence-corrected chi connectivity index (χ0v) is 12.4. The summed E-state index contributed by atoms with van der Waals surface area (Å²) in [6, 6.07) is 19.0. The second-order valence-electron chi connectivity index (χ2n) is 5.77. The van der Waals surface area contributed by atoms with Crippen LogP contribution in [-0.4, -0.2) is 6.04 Å². The van der Waals surface area contributed by atoms with E-state index in [-0.39, 0.29) is 0 Å². The summed E-state index contributed by atoms with van der Waals surface area (Å²) in [4.78, 5) is 0. The molecule has 21 heavy (non-hydrogen) atoms. The Hall–Kier alpha value is -1.80. The van der Waals surface area contributed by atoms with E-state index < -0.39 is 0 Å². The summed E-state index contributed by atoms with van der Waals surface area (Å²) >= 11 is 0. The van der Waals surface area contributed by atoms with Crippen LogP contribution in [0.15, 0.2) is 54.6 Å². The third-order valence-corrected chi connectivity index (χ3v) is 4.10. The fourth-order valence-corrected chi connectivity index (χ4v) is 2.87. The molecule has 3 rings (SSSR count). The first-order valence-corrected chi connectivity index (χ1v) is 7.95. The van der Waals surface area contributed by atoms with Crippen LogP contribution in [0.2, 0.25) is 0 Å². The van der Waals surface area contributed by atoms with Crippen molar-refractivity contribution in [2.45, 2.75) is 44.7 Å². The van der Waals surface area contributed by atoms with E-state index in [9.17, 15) is 0 Å². The van der Waals surface area contributed by atoms with E-state index in [0.29, 0.717) is 6.04 Å². The second-order valence-corrected chi connectivity index (χ2v) is 5.77. The van der Waals surface area contributed by atoms with Crippen molar-refractivity contribution >= 4 is 0 Å². The molecule has 1 aliphatic carbocycles. The minimum Gasteiger partial charge on any atom is -0.457 e. The van der Waals surface area contributed by atoms with Crippen molar-refractivity contribution in [3.05, 3.63) is 60.2 Å². The molecule has 2 nitrogen and oxygen atoms in total. The van der Waals surface area contributed by atoms with Crippen molar-refractivity contribution < 1.29 is 4.74 Å². The van der Waals surface area contributed by atoms with Crippen molar-refractivity contribution in [3.63, 3.8) is 0 Å². The summed E-state index contributed by atoms with van der Waals surface area (Å²) in [5.74, 6) is 1.77. The first-order valence-electron chi connectivity index (χ1n) is 7.95. The van der Waals surface area contributed by atoms with Gasteiger partial charge in [-0.1, -0.05) is 49.6 Å². The number of nitrogens with one attached hydrogen (secondary N) is 1. The van der Waals surface area contributed by atoms with Gasteiger partial charge in [-0.3, -0.25) is 0 Å². The predicted octanol–water partition coefficient (Wildman–Crippen LogP) is 4.90. The highest BCUT2D eigenvalue weighted by atomic mass is 16.5.